The Morgan fingerprint density at radius 1 is 1.50 bits per heavy atom. The first-order chi connectivity index (χ1) is 8.44. The first kappa shape index (κ1) is 12.9. The van der Waals surface area contributed by atoms with Crippen LogP contribution in [0.25, 0.3) is 0 Å². The number of rotatable bonds is 2. The van der Waals surface area contributed by atoms with E-state index in [4.69, 9.17) is 4.74 Å². The molecule has 1 saturated heterocycles. The molecular weight excluding hydrogens is 230 g/mol. The monoisotopic (exact) mass is 249 g/mol. The predicted octanol–water partition coefficient (Wildman–Crippen LogP) is 2.23. The van der Waals surface area contributed by atoms with Gasteiger partial charge in [0.15, 0.2) is 0 Å². The van der Waals surface area contributed by atoms with Gasteiger partial charge in [-0.15, -0.1) is 0 Å². The number of likely N-dealkylation sites (N-methyl/N-ethyl adjacent to an activating group) is 1. The van der Waals surface area contributed by atoms with E-state index in [9.17, 15) is 9.90 Å². The van der Waals surface area contributed by atoms with Crippen LogP contribution in [0, 0.1) is 6.92 Å². The Morgan fingerprint density at radius 2 is 2.22 bits per heavy atom. The molecule has 1 aliphatic heterocycles. The quantitative estimate of drug-likeness (QED) is 0.874. The van der Waals surface area contributed by atoms with Gasteiger partial charge in [-0.1, -0.05) is 0 Å². The summed E-state index contributed by atoms with van der Waals surface area (Å²) in [6.07, 6.45) is 1.68. The lowest BCUT2D eigenvalue weighted by Crippen LogP contribution is -2.45. The first-order valence-electron chi connectivity index (χ1n) is 6.16. The highest BCUT2D eigenvalue weighted by atomic mass is 16.5. The third-order valence-corrected chi connectivity index (χ3v) is 3.54. The fourth-order valence-electron chi connectivity index (χ4n) is 2.27. The third kappa shape index (κ3) is 2.20. The molecular formula is C14H19NO3. The van der Waals surface area contributed by atoms with Crippen LogP contribution in [0.15, 0.2) is 18.2 Å². The Labute approximate surface area is 107 Å². The zero-order valence-electron chi connectivity index (χ0n) is 11.1. The van der Waals surface area contributed by atoms with Crippen LogP contribution in [0.1, 0.15) is 25.3 Å². The molecule has 1 aliphatic rings. The predicted molar refractivity (Wildman–Crippen MR) is 69.8 cm³/mol. The average Bonchev–Trinajstić information content (AvgIpc) is 2.79. The van der Waals surface area contributed by atoms with Crippen LogP contribution in [0.5, 0.6) is 5.75 Å². The van der Waals surface area contributed by atoms with Gasteiger partial charge in [-0.05, 0) is 50.5 Å². The number of carbonyl (C=O) groups excluding carboxylic acids is 1. The minimum atomic E-state index is -0.708. The number of benzene rings is 1. The fraction of sp³-hybridized carbons (Fsp3) is 0.500. The lowest BCUT2D eigenvalue weighted by Gasteiger charge is -2.28. The van der Waals surface area contributed by atoms with Crippen LogP contribution < -0.4 is 4.90 Å². The maximum atomic E-state index is 12.4. The SMILES string of the molecule is Cc1cc(N(C)C(=O)C2(C)CCCO2)ccc1O. The molecule has 4 heteroatoms. The van der Waals surface area contributed by atoms with E-state index in [0.29, 0.717) is 6.61 Å². The van der Waals surface area contributed by atoms with Gasteiger partial charge in [-0.3, -0.25) is 4.79 Å². The molecule has 1 fully saturated rings. The molecule has 98 valence electrons. The smallest absolute Gasteiger partial charge is 0.258 e. The van der Waals surface area contributed by atoms with Crippen LogP contribution in [-0.2, 0) is 9.53 Å². The van der Waals surface area contributed by atoms with Gasteiger partial charge in [-0.2, -0.15) is 0 Å². The van der Waals surface area contributed by atoms with Crippen molar-refractivity contribution < 1.29 is 14.6 Å². The van der Waals surface area contributed by atoms with Crippen LogP contribution >= 0.6 is 0 Å². The van der Waals surface area contributed by atoms with Crippen molar-refractivity contribution in [2.45, 2.75) is 32.3 Å². The maximum Gasteiger partial charge on any atom is 0.258 e. The van der Waals surface area contributed by atoms with Crippen molar-refractivity contribution in [3.8, 4) is 5.75 Å². The number of phenols is 1. The van der Waals surface area contributed by atoms with Crippen LogP contribution in [0.4, 0.5) is 5.69 Å². The van der Waals surface area contributed by atoms with E-state index in [2.05, 4.69) is 0 Å². The van der Waals surface area contributed by atoms with Gasteiger partial charge in [0.25, 0.3) is 5.91 Å². The van der Waals surface area contributed by atoms with Gasteiger partial charge in [0.1, 0.15) is 11.4 Å². The van der Waals surface area contributed by atoms with E-state index in [0.717, 1.165) is 24.1 Å². The summed E-state index contributed by atoms with van der Waals surface area (Å²) < 4.78 is 5.56. The molecule has 1 heterocycles. The molecule has 2 rings (SSSR count). The normalized spacial score (nSPS) is 23.1. The summed E-state index contributed by atoms with van der Waals surface area (Å²) in [5.74, 6) is 0.202. The average molecular weight is 249 g/mol. The topological polar surface area (TPSA) is 49.8 Å². The van der Waals surface area contributed by atoms with E-state index in [-0.39, 0.29) is 11.7 Å². The molecule has 0 aromatic heterocycles. The molecule has 1 atom stereocenters. The number of hydrogen-bond donors (Lipinski definition) is 1. The second-order valence-electron chi connectivity index (χ2n) is 5.02. The molecule has 0 aliphatic carbocycles. The number of anilines is 1. The zero-order chi connectivity index (χ0) is 13.3. The molecule has 0 bridgehead atoms. The number of aryl methyl sites for hydroxylation is 1. The summed E-state index contributed by atoms with van der Waals surface area (Å²) in [4.78, 5) is 14.0. The highest BCUT2D eigenvalue weighted by molar-refractivity contribution is 5.99. The van der Waals surface area contributed by atoms with Crippen molar-refractivity contribution in [2.24, 2.45) is 0 Å². The molecule has 1 unspecified atom stereocenters. The number of nitrogens with zero attached hydrogens (tertiary/aromatic N) is 1. The van der Waals surface area contributed by atoms with Gasteiger partial charge in [0.2, 0.25) is 0 Å². The van der Waals surface area contributed by atoms with E-state index in [1.165, 1.54) is 0 Å². The lowest BCUT2D eigenvalue weighted by atomic mass is 10.0. The summed E-state index contributed by atoms with van der Waals surface area (Å²) in [6, 6.07) is 5.14. The van der Waals surface area contributed by atoms with Crippen molar-refractivity contribution in [1.29, 1.82) is 0 Å². The fourth-order valence-corrected chi connectivity index (χ4v) is 2.27. The van der Waals surface area contributed by atoms with Crippen LogP contribution in [0.2, 0.25) is 0 Å². The van der Waals surface area contributed by atoms with Crippen molar-refractivity contribution in [1.82, 2.24) is 0 Å². The second-order valence-corrected chi connectivity index (χ2v) is 5.02. The molecule has 0 radical (unpaired) electrons. The van der Waals surface area contributed by atoms with Gasteiger partial charge >= 0.3 is 0 Å². The van der Waals surface area contributed by atoms with E-state index in [1.807, 2.05) is 13.8 Å². The Hall–Kier alpha value is -1.55. The molecule has 18 heavy (non-hydrogen) atoms. The van der Waals surface area contributed by atoms with E-state index in [1.54, 1.807) is 30.1 Å². The third-order valence-electron chi connectivity index (χ3n) is 3.54. The van der Waals surface area contributed by atoms with Crippen LogP contribution in [-0.4, -0.2) is 30.3 Å². The Bertz CT molecular complexity index is 464. The lowest BCUT2D eigenvalue weighted by molar-refractivity contribution is -0.136. The molecule has 0 spiro atoms. The van der Waals surface area contributed by atoms with E-state index < -0.39 is 5.60 Å². The van der Waals surface area contributed by atoms with Crippen molar-refractivity contribution in [2.75, 3.05) is 18.6 Å². The minimum Gasteiger partial charge on any atom is -0.508 e. The minimum absolute atomic E-state index is 0.0370. The summed E-state index contributed by atoms with van der Waals surface area (Å²) in [6.45, 7) is 4.29. The number of hydrogen-bond acceptors (Lipinski definition) is 3. The Balaban J connectivity index is 2.22. The summed E-state index contributed by atoms with van der Waals surface area (Å²) in [7, 11) is 1.74. The first-order valence-corrected chi connectivity index (χ1v) is 6.16. The van der Waals surface area contributed by atoms with Gasteiger partial charge < -0.3 is 14.7 Å². The molecule has 1 N–H and O–H groups in total. The molecule has 0 saturated carbocycles. The zero-order valence-corrected chi connectivity index (χ0v) is 11.1. The van der Waals surface area contributed by atoms with Crippen LogP contribution in [0.3, 0.4) is 0 Å². The summed E-state index contributed by atoms with van der Waals surface area (Å²) in [5.41, 5.74) is 0.817. The van der Waals surface area contributed by atoms with Gasteiger partial charge in [0, 0.05) is 19.3 Å². The summed E-state index contributed by atoms with van der Waals surface area (Å²) in [5, 5.41) is 9.50. The number of phenolic OH excluding ortho intramolecular Hbond substituents is 1. The maximum absolute atomic E-state index is 12.4. The number of ether oxygens (including phenoxy) is 1. The van der Waals surface area contributed by atoms with Gasteiger partial charge in [-0.25, -0.2) is 0 Å². The number of amides is 1. The highest BCUT2D eigenvalue weighted by Gasteiger charge is 2.40. The van der Waals surface area contributed by atoms with Crippen molar-refractivity contribution >= 4 is 11.6 Å². The molecule has 4 nitrogen and oxygen atoms in total. The standard InChI is InChI=1S/C14H19NO3/c1-10-9-11(5-6-12(10)16)15(3)13(17)14(2)7-4-8-18-14/h5-6,9,16H,4,7-8H2,1-3H3. The Morgan fingerprint density at radius 3 is 2.78 bits per heavy atom. The van der Waals surface area contributed by atoms with E-state index >= 15 is 0 Å². The molecule has 1 aromatic rings. The largest absolute Gasteiger partial charge is 0.508 e. The van der Waals surface area contributed by atoms with Crippen molar-refractivity contribution in [3.05, 3.63) is 23.8 Å². The Kier molecular flexibility index (Phi) is 3.30. The molecule has 1 amide bonds. The van der Waals surface area contributed by atoms with Crippen molar-refractivity contribution in [3.63, 3.8) is 0 Å². The second kappa shape index (κ2) is 4.61. The molecule has 1 aromatic carbocycles. The highest BCUT2D eigenvalue weighted by Crippen LogP contribution is 2.30. The summed E-state index contributed by atoms with van der Waals surface area (Å²) >= 11 is 0. The number of aromatic hydroxyl groups is 1. The number of carbonyl (C=O) groups is 1. The van der Waals surface area contributed by atoms with Gasteiger partial charge in [0.05, 0.1) is 0 Å².